The third kappa shape index (κ3) is 10.9. The van der Waals surface area contributed by atoms with Crippen LogP contribution in [0, 0.1) is 0 Å². The summed E-state index contributed by atoms with van der Waals surface area (Å²) >= 11 is 0. The summed E-state index contributed by atoms with van der Waals surface area (Å²) in [5.41, 5.74) is 12.0. The number of hydrogen-bond acceptors (Lipinski definition) is 8. The summed E-state index contributed by atoms with van der Waals surface area (Å²) in [7, 11) is 0. The predicted octanol–water partition coefficient (Wildman–Crippen LogP) is -2.31. The van der Waals surface area contributed by atoms with Gasteiger partial charge in [0.1, 0.15) is 18.1 Å². The molecule has 0 aromatic heterocycles. The fourth-order valence-electron chi connectivity index (χ4n) is 3.11. The van der Waals surface area contributed by atoms with Crippen LogP contribution in [-0.2, 0) is 30.4 Å². The van der Waals surface area contributed by atoms with Crippen molar-refractivity contribution in [2.75, 3.05) is 13.2 Å². The smallest absolute Gasteiger partial charge is 0.326 e. The van der Waals surface area contributed by atoms with E-state index in [-0.39, 0.29) is 12.8 Å². The van der Waals surface area contributed by atoms with Crippen molar-refractivity contribution in [2.45, 2.75) is 56.3 Å². The molecule has 13 nitrogen and oxygen atoms in total. The van der Waals surface area contributed by atoms with Gasteiger partial charge in [0.05, 0.1) is 19.1 Å². The second-order valence-electron chi connectivity index (χ2n) is 7.88. The Morgan fingerprint density at radius 2 is 1.40 bits per heavy atom. The molecule has 0 spiro atoms. The van der Waals surface area contributed by atoms with Gasteiger partial charge in [0.2, 0.25) is 17.7 Å². The molecule has 1 aromatic carbocycles. The zero-order valence-electron chi connectivity index (χ0n) is 19.2. The summed E-state index contributed by atoms with van der Waals surface area (Å²) in [4.78, 5) is 60.2. The van der Waals surface area contributed by atoms with E-state index in [9.17, 15) is 34.2 Å². The normalized spacial score (nSPS) is 14.1. The number of carbonyl (C=O) groups excluding carboxylic acids is 3. The number of carbonyl (C=O) groups is 5. The van der Waals surface area contributed by atoms with E-state index in [1.165, 1.54) is 0 Å². The molecular formula is C22H33N5O8. The molecule has 3 amide bonds. The molecule has 0 radical (unpaired) electrons. The monoisotopic (exact) mass is 495 g/mol. The molecule has 0 aliphatic heterocycles. The summed E-state index contributed by atoms with van der Waals surface area (Å²) in [5.74, 6) is -5.58. The van der Waals surface area contributed by atoms with Crippen molar-refractivity contribution in [3.8, 4) is 0 Å². The third-order valence-corrected chi connectivity index (χ3v) is 5.02. The minimum Gasteiger partial charge on any atom is -0.481 e. The minimum absolute atomic E-state index is 0.0562. The molecule has 0 aliphatic carbocycles. The molecule has 0 bridgehead atoms. The fraction of sp³-hybridized carbons (Fsp3) is 0.500. The van der Waals surface area contributed by atoms with Crippen molar-refractivity contribution in [3.63, 3.8) is 0 Å². The summed E-state index contributed by atoms with van der Waals surface area (Å²) in [6, 6.07) is 3.33. The van der Waals surface area contributed by atoms with Crippen LogP contribution in [0.3, 0.4) is 0 Å². The number of carboxylic acid groups (broad SMARTS) is 2. The minimum atomic E-state index is -1.65. The molecule has 0 saturated carbocycles. The summed E-state index contributed by atoms with van der Waals surface area (Å²) < 4.78 is 0. The standard InChI is InChI=1S/C22H33N5O8/c23-9-5-4-8-15(22(34)35)25-20(32)16(11-18(29)30)26-21(33)17(12-28)27-19(31)14(24)10-13-6-2-1-3-7-13/h1-3,6-7,14-17,28H,4-5,8-12,23-24H2,(H,25,32)(H,26,33)(H,27,31)(H,29,30)(H,34,35). The van der Waals surface area contributed by atoms with Gasteiger partial charge in [0, 0.05) is 0 Å². The van der Waals surface area contributed by atoms with Crippen molar-refractivity contribution in [3.05, 3.63) is 35.9 Å². The number of benzene rings is 1. The zero-order valence-corrected chi connectivity index (χ0v) is 19.2. The third-order valence-electron chi connectivity index (χ3n) is 5.02. The molecule has 0 heterocycles. The van der Waals surface area contributed by atoms with E-state index in [4.69, 9.17) is 16.6 Å². The van der Waals surface area contributed by atoms with Gasteiger partial charge < -0.3 is 42.7 Å². The Labute approximate surface area is 202 Å². The molecule has 4 unspecified atom stereocenters. The van der Waals surface area contributed by atoms with Crippen molar-refractivity contribution in [2.24, 2.45) is 11.5 Å². The lowest BCUT2D eigenvalue weighted by Crippen LogP contribution is -2.58. The van der Waals surface area contributed by atoms with Gasteiger partial charge >= 0.3 is 11.9 Å². The first-order valence-electron chi connectivity index (χ1n) is 11.0. The topological polar surface area (TPSA) is 234 Å². The van der Waals surface area contributed by atoms with E-state index in [0.717, 1.165) is 5.56 Å². The molecule has 10 N–H and O–H groups in total. The first kappa shape index (κ1) is 29.5. The van der Waals surface area contributed by atoms with E-state index in [1.807, 2.05) is 0 Å². The summed E-state index contributed by atoms with van der Waals surface area (Å²) in [6.07, 6.45) is 0.301. The van der Waals surface area contributed by atoms with Crippen LogP contribution in [0.5, 0.6) is 0 Å². The number of amides is 3. The molecular weight excluding hydrogens is 462 g/mol. The Kier molecular flexibility index (Phi) is 12.9. The van der Waals surface area contributed by atoms with Gasteiger partial charge in [0.25, 0.3) is 0 Å². The maximum Gasteiger partial charge on any atom is 0.326 e. The van der Waals surface area contributed by atoms with E-state index in [2.05, 4.69) is 16.0 Å². The lowest BCUT2D eigenvalue weighted by Gasteiger charge is -2.23. The van der Waals surface area contributed by atoms with E-state index < -0.39 is 66.9 Å². The predicted molar refractivity (Wildman–Crippen MR) is 124 cm³/mol. The molecule has 13 heteroatoms. The molecule has 0 saturated heterocycles. The van der Waals surface area contributed by atoms with Crippen LogP contribution in [0.15, 0.2) is 30.3 Å². The lowest BCUT2D eigenvalue weighted by molar-refractivity contribution is -0.144. The highest BCUT2D eigenvalue weighted by Crippen LogP contribution is 2.04. The van der Waals surface area contributed by atoms with Gasteiger partial charge in [-0.15, -0.1) is 0 Å². The van der Waals surface area contributed by atoms with Crippen molar-refractivity contribution >= 4 is 29.7 Å². The van der Waals surface area contributed by atoms with Gasteiger partial charge in [-0.05, 0) is 37.8 Å². The van der Waals surface area contributed by atoms with Gasteiger partial charge in [-0.1, -0.05) is 30.3 Å². The van der Waals surface area contributed by atoms with Crippen LogP contribution in [0.25, 0.3) is 0 Å². The Morgan fingerprint density at radius 3 is 1.94 bits per heavy atom. The van der Waals surface area contributed by atoms with Crippen molar-refractivity contribution < 1.29 is 39.3 Å². The van der Waals surface area contributed by atoms with Crippen molar-refractivity contribution in [1.82, 2.24) is 16.0 Å². The summed E-state index contributed by atoms with van der Waals surface area (Å²) in [5, 5.41) is 34.6. The highest BCUT2D eigenvalue weighted by atomic mass is 16.4. The number of aliphatic hydroxyl groups excluding tert-OH is 1. The number of unbranched alkanes of at least 4 members (excludes halogenated alkanes) is 1. The molecule has 0 fully saturated rings. The molecule has 35 heavy (non-hydrogen) atoms. The quantitative estimate of drug-likeness (QED) is 0.114. The van der Waals surface area contributed by atoms with Gasteiger partial charge in [0.15, 0.2) is 0 Å². The first-order chi connectivity index (χ1) is 16.6. The van der Waals surface area contributed by atoms with Gasteiger partial charge in [-0.2, -0.15) is 0 Å². The van der Waals surface area contributed by atoms with E-state index >= 15 is 0 Å². The van der Waals surface area contributed by atoms with Crippen LogP contribution in [0.2, 0.25) is 0 Å². The van der Waals surface area contributed by atoms with E-state index in [1.54, 1.807) is 30.3 Å². The van der Waals surface area contributed by atoms with Crippen LogP contribution in [0.4, 0.5) is 0 Å². The summed E-state index contributed by atoms with van der Waals surface area (Å²) in [6.45, 7) is -0.519. The molecule has 0 aliphatic rings. The number of nitrogens with one attached hydrogen (secondary N) is 3. The van der Waals surface area contributed by atoms with Crippen LogP contribution in [0.1, 0.15) is 31.2 Å². The zero-order chi connectivity index (χ0) is 26.4. The van der Waals surface area contributed by atoms with Gasteiger partial charge in [-0.25, -0.2) is 4.79 Å². The Bertz CT molecular complexity index is 867. The highest BCUT2D eigenvalue weighted by Gasteiger charge is 2.31. The Morgan fingerprint density at radius 1 is 0.829 bits per heavy atom. The molecule has 1 aromatic rings. The maximum absolute atomic E-state index is 12.6. The second-order valence-corrected chi connectivity index (χ2v) is 7.88. The first-order valence-corrected chi connectivity index (χ1v) is 11.0. The number of hydrogen-bond donors (Lipinski definition) is 8. The van der Waals surface area contributed by atoms with Crippen LogP contribution in [-0.4, -0.2) is 82.3 Å². The second kappa shape index (κ2) is 15.4. The van der Waals surface area contributed by atoms with Crippen LogP contribution >= 0.6 is 0 Å². The number of nitrogens with two attached hydrogens (primary N) is 2. The molecule has 1 rings (SSSR count). The average Bonchev–Trinajstić information content (AvgIpc) is 2.81. The molecule has 4 atom stereocenters. The number of aliphatic carboxylic acids is 2. The largest absolute Gasteiger partial charge is 0.481 e. The maximum atomic E-state index is 12.6. The van der Waals surface area contributed by atoms with E-state index in [0.29, 0.717) is 19.4 Å². The van der Waals surface area contributed by atoms with Crippen molar-refractivity contribution in [1.29, 1.82) is 0 Å². The number of rotatable bonds is 16. The number of aliphatic hydroxyl groups is 1. The van der Waals surface area contributed by atoms with Gasteiger partial charge in [-0.3, -0.25) is 19.2 Å². The Balaban J connectivity index is 2.81. The molecule has 194 valence electrons. The Hall–Kier alpha value is -3.55. The number of carboxylic acids is 2. The van der Waals surface area contributed by atoms with Crippen LogP contribution < -0.4 is 27.4 Å². The highest BCUT2D eigenvalue weighted by molar-refractivity contribution is 5.95. The average molecular weight is 496 g/mol. The SMILES string of the molecule is NCCCCC(NC(=O)C(CC(=O)O)NC(=O)C(CO)NC(=O)C(N)Cc1ccccc1)C(=O)O. The lowest BCUT2D eigenvalue weighted by atomic mass is 10.1. The fourth-order valence-corrected chi connectivity index (χ4v) is 3.11.